The van der Waals surface area contributed by atoms with Gasteiger partial charge in [-0.2, -0.15) is 5.10 Å². The standard InChI is InChI=1S/C22H19N3O3S/c1-25(2)29(27,28)16-9-7-8-15(14-16)22(26)24-23-21-19-12-5-3-10-17(19)18-11-4-6-13-20(18)21/h3-14H,1-2H3,(H,24,26). The molecule has 0 aromatic heterocycles. The second-order valence-electron chi connectivity index (χ2n) is 6.81. The number of hydrogen-bond acceptors (Lipinski definition) is 4. The van der Waals surface area contributed by atoms with Gasteiger partial charge in [-0.05, 0) is 29.3 Å². The van der Waals surface area contributed by atoms with E-state index in [1.54, 1.807) is 12.1 Å². The summed E-state index contributed by atoms with van der Waals surface area (Å²) in [6.07, 6.45) is 0. The average Bonchev–Trinajstić information content (AvgIpc) is 3.06. The lowest BCUT2D eigenvalue weighted by Gasteiger charge is -2.12. The van der Waals surface area contributed by atoms with Crippen LogP contribution in [0, 0.1) is 0 Å². The highest BCUT2D eigenvalue weighted by atomic mass is 32.2. The summed E-state index contributed by atoms with van der Waals surface area (Å²) >= 11 is 0. The van der Waals surface area contributed by atoms with Gasteiger partial charge in [0.15, 0.2) is 0 Å². The molecular weight excluding hydrogens is 386 g/mol. The zero-order valence-electron chi connectivity index (χ0n) is 16.0. The normalized spacial score (nSPS) is 12.4. The monoisotopic (exact) mass is 405 g/mol. The molecule has 1 aliphatic carbocycles. The molecular formula is C22H19N3O3S. The SMILES string of the molecule is CN(C)S(=O)(=O)c1cccc(C(=O)NN=C2c3ccccc3-c3ccccc32)c1. The molecule has 1 aliphatic rings. The Labute approximate surface area is 169 Å². The Bertz CT molecular complexity index is 1200. The molecule has 1 amide bonds. The van der Waals surface area contributed by atoms with E-state index < -0.39 is 15.9 Å². The summed E-state index contributed by atoms with van der Waals surface area (Å²) in [6, 6.07) is 21.7. The number of hydrazone groups is 1. The fraction of sp³-hybridized carbons (Fsp3) is 0.0909. The van der Waals surface area contributed by atoms with Crippen LogP contribution in [0.4, 0.5) is 0 Å². The van der Waals surface area contributed by atoms with Gasteiger partial charge in [0.2, 0.25) is 10.0 Å². The minimum atomic E-state index is -3.63. The van der Waals surface area contributed by atoms with Gasteiger partial charge in [-0.25, -0.2) is 18.1 Å². The lowest BCUT2D eigenvalue weighted by Crippen LogP contribution is -2.23. The molecule has 0 fully saturated rings. The Kier molecular flexibility index (Phi) is 4.77. The van der Waals surface area contributed by atoms with E-state index in [0.717, 1.165) is 26.6 Å². The molecule has 0 spiro atoms. The highest BCUT2D eigenvalue weighted by Crippen LogP contribution is 2.36. The van der Waals surface area contributed by atoms with Crippen molar-refractivity contribution in [3.05, 3.63) is 89.5 Å². The number of carbonyl (C=O) groups is 1. The van der Waals surface area contributed by atoms with E-state index in [0.29, 0.717) is 5.71 Å². The minimum Gasteiger partial charge on any atom is -0.267 e. The Morgan fingerprint density at radius 3 is 1.93 bits per heavy atom. The lowest BCUT2D eigenvalue weighted by atomic mass is 10.1. The molecule has 7 heteroatoms. The summed E-state index contributed by atoms with van der Waals surface area (Å²) in [5.74, 6) is -0.477. The predicted octanol–water partition coefficient (Wildman–Crippen LogP) is 3.10. The van der Waals surface area contributed by atoms with Gasteiger partial charge < -0.3 is 0 Å². The van der Waals surface area contributed by atoms with Crippen molar-refractivity contribution in [3.8, 4) is 11.1 Å². The maximum atomic E-state index is 12.6. The molecule has 0 saturated heterocycles. The van der Waals surface area contributed by atoms with Gasteiger partial charge in [-0.15, -0.1) is 0 Å². The second kappa shape index (κ2) is 7.27. The third-order valence-electron chi connectivity index (χ3n) is 4.80. The molecule has 0 heterocycles. The van der Waals surface area contributed by atoms with Crippen LogP contribution in [0.15, 0.2) is 82.8 Å². The van der Waals surface area contributed by atoms with E-state index in [9.17, 15) is 13.2 Å². The Morgan fingerprint density at radius 1 is 0.828 bits per heavy atom. The molecule has 6 nitrogen and oxygen atoms in total. The molecule has 3 aromatic rings. The van der Waals surface area contributed by atoms with E-state index in [4.69, 9.17) is 0 Å². The van der Waals surface area contributed by atoms with Crippen molar-refractivity contribution >= 4 is 21.6 Å². The second-order valence-corrected chi connectivity index (χ2v) is 8.96. The van der Waals surface area contributed by atoms with Crippen LogP contribution in [-0.4, -0.2) is 38.4 Å². The van der Waals surface area contributed by atoms with E-state index in [2.05, 4.69) is 10.5 Å². The van der Waals surface area contributed by atoms with Gasteiger partial charge in [0.25, 0.3) is 5.91 Å². The van der Waals surface area contributed by atoms with Crippen molar-refractivity contribution in [2.75, 3.05) is 14.1 Å². The van der Waals surface area contributed by atoms with Gasteiger partial charge in [-0.1, -0.05) is 54.6 Å². The summed E-state index contributed by atoms with van der Waals surface area (Å²) in [4.78, 5) is 12.7. The van der Waals surface area contributed by atoms with Crippen molar-refractivity contribution in [1.29, 1.82) is 0 Å². The fourth-order valence-electron chi connectivity index (χ4n) is 3.29. The molecule has 0 radical (unpaired) electrons. The number of rotatable bonds is 4. The van der Waals surface area contributed by atoms with E-state index >= 15 is 0 Å². The number of nitrogens with zero attached hydrogens (tertiary/aromatic N) is 2. The first-order valence-corrected chi connectivity index (χ1v) is 10.4. The molecule has 0 aliphatic heterocycles. The summed E-state index contributed by atoms with van der Waals surface area (Å²) < 4.78 is 25.7. The van der Waals surface area contributed by atoms with Crippen molar-refractivity contribution in [2.24, 2.45) is 5.10 Å². The average molecular weight is 405 g/mol. The zero-order valence-corrected chi connectivity index (χ0v) is 16.8. The minimum absolute atomic E-state index is 0.0550. The number of sulfonamides is 1. The number of fused-ring (bicyclic) bond motifs is 3. The van der Waals surface area contributed by atoms with Gasteiger partial charge >= 0.3 is 0 Å². The van der Waals surface area contributed by atoms with E-state index in [1.165, 1.54) is 26.2 Å². The molecule has 0 saturated carbocycles. The summed E-state index contributed by atoms with van der Waals surface area (Å²) in [7, 11) is -0.731. The number of carbonyl (C=O) groups excluding carboxylic acids is 1. The maximum absolute atomic E-state index is 12.6. The van der Waals surface area contributed by atoms with Crippen LogP contribution in [0.3, 0.4) is 0 Å². The lowest BCUT2D eigenvalue weighted by molar-refractivity contribution is 0.0954. The van der Waals surface area contributed by atoms with Crippen LogP contribution in [0.25, 0.3) is 11.1 Å². The van der Waals surface area contributed by atoms with Gasteiger partial charge in [0.05, 0.1) is 10.6 Å². The summed E-state index contributed by atoms with van der Waals surface area (Å²) in [6.45, 7) is 0. The summed E-state index contributed by atoms with van der Waals surface area (Å²) in [5.41, 5.74) is 7.49. The molecule has 1 N–H and O–H groups in total. The third-order valence-corrected chi connectivity index (χ3v) is 6.61. The number of hydrogen-bond donors (Lipinski definition) is 1. The van der Waals surface area contributed by atoms with Crippen molar-refractivity contribution < 1.29 is 13.2 Å². The Morgan fingerprint density at radius 2 is 1.38 bits per heavy atom. The van der Waals surface area contributed by atoms with E-state index in [1.807, 2.05) is 48.5 Å². The quantitative estimate of drug-likeness (QED) is 0.530. The molecule has 4 rings (SSSR count). The molecule has 0 bridgehead atoms. The first-order chi connectivity index (χ1) is 13.9. The number of benzene rings is 3. The molecule has 0 unspecified atom stereocenters. The molecule has 146 valence electrons. The van der Waals surface area contributed by atoms with Crippen LogP contribution >= 0.6 is 0 Å². The first kappa shape index (κ1) is 19.0. The van der Waals surface area contributed by atoms with Crippen molar-refractivity contribution in [2.45, 2.75) is 4.90 Å². The zero-order chi connectivity index (χ0) is 20.6. The van der Waals surface area contributed by atoms with Gasteiger partial charge in [-0.3, -0.25) is 4.79 Å². The van der Waals surface area contributed by atoms with Crippen molar-refractivity contribution in [1.82, 2.24) is 9.73 Å². The number of nitrogens with one attached hydrogen (secondary N) is 1. The number of amides is 1. The third kappa shape index (κ3) is 3.35. The highest BCUT2D eigenvalue weighted by molar-refractivity contribution is 7.89. The summed E-state index contributed by atoms with van der Waals surface area (Å²) in [5, 5.41) is 4.37. The van der Waals surface area contributed by atoms with Crippen LogP contribution in [0.5, 0.6) is 0 Å². The Hall–Kier alpha value is -3.29. The topological polar surface area (TPSA) is 78.8 Å². The Balaban J connectivity index is 1.66. The first-order valence-electron chi connectivity index (χ1n) is 8.99. The molecule has 29 heavy (non-hydrogen) atoms. The smallest absolute Gasteiger partial charge is 0.267 e. The fourth-order valence-corrected chi connectivity index (χ4v) is 4.24. The van der Waals surface area contributed by atoms with E-state index in [-0.39, 0.29) is 10.5 Å². The van der Waals surface area contributed by atoms with Gasteiger partial charge in [0.1, 0.15) is 0 Å². The van der Waals surface area contributed by atoms with Crippen LogP contribution < -0.4 is 5.43 Å². The van der Waals surface area contributed by atoms with Crippen LogP contribution in [-0.2, 0) is 10.0 Å². The maximum Gasteiger partial charge on any atom is 0.271 e. The van der Waals surface area contributed by atoms with Gasteiger partial charge in [0, 0.05) is 30.8 Å². The highest BCUT2D eigenvalue weighted by Gasteiger charge is 2.24. The molecule has 3 aromatic carbocycles. The van der Waals surface area contributed by atoms with Crippen LogP contribution in [0.1, 0.15) is 21.5 Å². The van der Waals surface area contributed by atoms with Crippen molar-refractivity contribution in [3.63, 3.8) is 0 Å². The predicted molar refractivity (Wildman–Crippen MR) is 112 cm³/mol. The van der Waals surface area contributed by atoms with Crippen LogP contribution in [0.2, 0.25) is 0 Å². The largest absolute Gasteiger partial charge is 0.271 e. The molecule has 0 atom stereocenters.